The van der Waals surface area contributed by atoms with E-state index < -0.39 is 17.6 Å². The van der Waals surface area contributed by atoms with E-state index in [1.807, 2.05) is 6.07 Å². The van der Waals surface area contributed by atoms with Crippen LogP contribution in [0.4, 0.5) is 8.78 Å². The molecular formula is C16H10BrF2NO3. The van der Waals surface area contributed by atoms with Crippen LogP contribution in [0.5, 0.6) is 11.5 Å². The van der Waals surface area contributed by atoms with Gasteiger partial charge in [-0.25, -0.2) is 13.6 Å². The second-order valence-corrected chi connectivity index (χ2v) is 5.23. The summed E-state index contributed by atoms with van der Waals surface area (Å²) in [6.45, 7) is 2.00. The van der Waals surface area contributed by atoms with Gasteiger partial charge in [-0.15, -0.1) is 0 Å². The third-order valence-corrected chi connectivity index (χ3v) is 3.32. The largest absolute Gasteiger partial charge is 0.490 e. The number of rotatable bonds is 4. The molecule has 0 fully saturated rings. The molecular weight excluding hydrogens is 372 g/mol. The number of carbonyl (C=O) groups excluding carboxylic acids is 1. The number of benzene rings is 2. The standard InChI is InChI=1S/C16H10BrF2NO3/c1-2-22-14-4-9(8-20)3-13(17)15(14)23-16(21)10-5-11(18)7-12(19)6-10/h3-7H,2H2,1H3. The Morgan fingerprint density at radius 3 is 2.43 bits per heavy atom. The molecule has 0 N–H and O–H groups in total. The summed E-state index contributed by atoms with van der Waals surface area (Å²) in [5, 5.41) is 8.95. The Kier molecular flexibility index (Phi) is 5.29. The van der Waals surface area contributed by atoms with Crippen LogP contribution < -0.4 is 9.47 Å². The fraction of sp³-hybridized carbons (Fsp3) is 0.125. The van der Waals surface area contributed by atoms with E-state index in [1.165, 1.54) is 12.1 Å². The Bertz CT molecular complexity index is 782. The van der Waals surface area contributed by atoms with Gasteiger partial charge in [0.1, 0.15) is 11.6 Å². The van der Waals surface area contributed by atoms with E-state index in [-0.39, 0.29) is 23.7 Å². The lowest BCUT2D eigenvalue weighted by Crippen LogP contribution is -2.11. The van der Waals surface area contributed by atoms with Gasteiger partial charge in [-0.05, 0) is 41.1 Å². The normalized spacial score (nSPS) is 10.0. The summed E-state index contributed by atoms with van der Waals surface area (Å²) >= 11 is 3.18. The molecule has 2 aromatic rings. The zero-order valence-electron chi connectivity index (χ0n) is 11.9. The Balaban J connectivity index is 2.38. The molecule has 2 rings (SSSR count). The fourth-order valence-electron chi connectivity index (χ4n) is 1.82. The molecule has 0 aliphatic carbocycles. The predicted octanol–water partition coefficient (Wildman–Crippen LogP) is 4.22. The minimum Gasteiger partial charge on any atom is -0.490 e. The lowest BCUT2D eigenvalue weighted by atomic mass is 10.2. The molecule has 0 aromatic heterocycles. The van der Waals surface area contributed by atoms with Crippen molar-refractivity contribution in [3.05, 3.63) is 57.6 Å². The molecule has 23 heavy (non-hydrogen) atoms. The van der Waals surface area contributed by atoms with Crippen LogP contribution in [0.2, 0.25) is 0 Å². The summed E-state index contributed by atoms with van der Waals surface area (Å²) in [6, 6.07) is 7.17. The molecule has 4 nitrogen and oxygen atoms in total. The SMILES string of the molecule is CCOc1cc(C#N)cc(Br)c1OC(=O)c1cc(F)cc(F)c1. The quantitative estimate of drug-likeness (QED) is 0.587. The average Bonchev–Trinajstić information content (AvgIpc) is 2.49. The summed E-state index contributed by atoms with van der Waals surface area (Å²) in [7, 11) is 0. The number of ether oxygens (including phenoxy) is 2. The molecule has 0 heterocycles. The van der Waals surface area contributed by atoms with Crippen LogP contribution in [0.15, 0.2) is 34.8 Å². The highest BCUT2D eigenvalue weighted by atomic mass is 79.9. The molecule has 0 unspecified atom stereocenters. The third kappa shape index (κ3) is 4.05. The molecule has 0 radical (unpaired) electrons. The molecule has 2 aromatic carbocycles. The van der Waals surface area contributed by atoms with Gasteiger partial charge < -0.3 is 9.47 Å². The maximum Gasteiger partial charge on any atom is 0.343 e. The predicted molar refractivity (Wildman–Crippen MR) is 81.3 cm³/mol. The highest BCUT2D eigenvalue weighted by Gasteiger charge is 2.18. The first-order valence-electron chi connectivity index (χ1n) is 6.49. The first-order valence-corrected chi connectivity index (χ1v) is 7.28. The van der Waals surface area contributed by atoms with Gasteiger partial charge in [0, 0.05) is 12.1 Å². The molecule has 7 heteroatoms. The smallest absolute Gasteiger partial charge is 0.343 e. The van der Waals surface area contributed by atoms with Crippen LogP contribution in [0.3, 0.4) is 0 Å². The van der Waals surface area contributed by atoms with E-state index in [0.29, 0.717) is 16.1 Å². The minimum absolute atomic E-state index is 0.0283. The van der Waals surface area contributed by atoms with Gasteiger partial charge in [0.15, 0.2) is 11.5 Å². The first-order chi connectivity index (χ1) is 10.9. The summed E-state index contributed by atoms with van der Waals surface area (Å²) in [5.41, 5.74) is 0.0260. The summed E-state index contributed by atoms with van der Waals surface area (Å²) in [6.07, 6.45) is 0. The molecule has 0 atom stereocenters. The van der Waals surface area contributed by atoms with E-state index in [4.69, 9.17) is 14.7 Å². The van der Waals surface area contributed by atoms with Crippen LogP contribution in [0, 0.1) is 23.0 Å². The summed E-state index contributed by atoms with van der Waals surface area (Å²) in [4.78, 5) is 12.1. The number of esters is 1. The minimum atomic E-state index is -0.949. The molecule has 0 bridgehead atoms. The summed E-state index contributed by atoms with van der Waals surface area (Å²) < 4.78 is 37.2. The highest BCUT2D eigenvalue weighted by Crippen LogP contribution is 2.37. The van der Waals surface area contributed by atoms with E-state index >= 15 is 0 Å². The molecule has 0 saturated heterocycles. The second-order valence-electron chi connectivity index (χ2n) is 4.38. The Morgan fingerprint density at radius 2 is 1.87 bits per heavy atom. The van der Waals surface area contributed by atoms with Crippen LogP contribution in [-0.2, 0) is 0 Å². The highest BCUT2D eigenvalue weighted by molar-refractivity contribution is 9.10. The van der Waals surface area contributed by atoms with Crippen molar-refractivity contribution in [1.29, 1.82) is 5.26 Å². The molecule has 0 spiro atoms. The maximum absolute atomic E-state index is 13.2. The van der Waals surface area contributed by atoms with E-state index in [1.54, 1.807) is 6.92 Å². The lowest BCUT2D eigenvalue weighted by Gasteiger charge is -2.13. The molecule has 0 aliphatic heterocycles. The van der Waals surface area contributed by atoms with Crippen molar-refractivity contribution in [3.8, 4) is 17.6 Å². The van der Waals surface area contributed by atoms with Gasteiger partial charge in [-0.1, -0.05) is 0 Å². The lowest BCUT2D eigenvalue weighted by molar-refractivity contribution is 0.0726. The van der Waals surface area contributed by atoms with Crippen molar-refractivity contribution >= 4 is 21.9 Å². The monoisotopic (exact) mass is 381 g/mol. The van der Waals surface area contributed by atoms with Crippen LogP contribution in [0.25, 0.3) is 0 Å². The maximum atomic E-state index is 13.2. The summed E-state index contributed by atoms with van der Waals surface area (Å²) in [5.74, 6) is -2.53. The van der Waals surface area contributed by atoms with Crippen molar-refractivity contribution in [2.45, 2.75) is 6.92 Å². The topological polar surface area (TPSA) is 59.3 Å². The van der Waals surface area contributed by atoms with Crippen molar-refractivity contribution < 1.29 is 23.0 Å². The second kappa shape index (κ2) is 7.20. The van der Waals surface area contributed by atoms with Crippen molar-refractivity contribution in [2.75, 3.05) is 6.61 Å². The van der Waals surface area contributed by atoms with Gasteiger partial charge in [0.05, 0.1) is 28.3 Å². The average molecular weight is 382 g/mol. The molecule has 118 valence electrons. The fourth-order valence-corrected chi connectivity index (χ4v) is 2.34. The number of nitriles is 1. The van der Waals surface area contributed by atoms with Crippen LogP contribution in [0.1, 0.15) is 22.8 Å². The number of carbonyl (C=O) groups is 1. The number of hydrogen-bond donors (Lipinski definition) is 0. The molecule has 0 saturated carbocycles. The van der Waals surface area contributed by atoms with Crippen LogP contribution >= 0.6 is 15.9 Å². The van der Waals surface area contributed by atoms with E-state index in [2.05, 4.69) is 15.9 Å². The van der Waals surface area contributed by atoms with Gasteiger partial charge in [0.2, 0.25) is 0 Å². The zero-order valence-corrected chi connectivity index (χ0v) is 13.5. The molecule has 0 amide bonds. The Morgan fingerprint density at radius 1 is 1.22 bits per heavy atom. The van der Waals surface area contributed by atoms with E-state index in [0.717, 1.165) is 12.1 Å². The Labute approximate surface area is 139 Å². The number of halogens is 3. The number of nitrogens with zero attached hydrogens (tertiary/aromatic N) is 1. The zero-order chi connectivity index (χ0) is 17.0. The third-order valence-electron chi connectivity index (χ3n) is 2.73. The van der Waals surface area contributed by atoms with Gasteiger partial charge in [-0.2, -0.15) is 5.26 Å². The molecule has 0 aliphatic rings. The van der Waals surface area contributed by atoms with Gasteiger partial charge in [0.25, 0.3) is 0 Å². The van der Waals surface area contributed by atoms with Gasteiger partial charge >= 0.3 is 5.97 Å². The Hall–Kier alpha value is -2.46. The van der Waals surface area contributed by atoms with Crippen molar-refractivity contribution in [2.24, 2.45) is 0 Å². The van der Waals surface area contributed by atoms with E-state index in [9.17, 15) is 13.6 Å². The number of hydrogen-bond acceptors (Lipinski definition) is 4. The van der Waals surface area contributed by atoms with Crippen LogP contribution in [-0.4, -0.2) is 12.6 Å². The van der Waals surface area contributed by atoms with Gasteiger partial charge in [-0.3, -0.25) is 0 Å². The van der Waals surface area contributed by atoms with Crippen molar-refractivity contribution in [3.63, 3.8) is 0 Å². The van der Waals surface area contributed by atoms with Crippen molar-refractivity contribution in [1.82, 2.24) is 0 Å². The first kappa shape index (κ1) is 16.9.